The maximum absolute atomic E-state index is 12.2. The number of amides is 2. The summed E-state index contributed by atoms with van der Waals surface area (Å²) < 4.78 is 0. The Morgan fingerprint density at radius 3 is 3.08 bits per heavy atom. The van der Waals surface area contributed by atoms with Crippen molar-refractivity contribution >= 4 is 51.7 Å². The quantitative estimate of drug-likeness (QED) is 0.855. The Morgan fingerprint density at radius 2 is 2.15 bits per heavy atom. The number of anilines is 1. The van der Waals surface area contributed by atoms with Crippen molar-refractivity contribution in [1.82, 2.24) is 4.98 Å². The van der Waals surface area contributed by atoms with E-state index in [9.17, 15) is 9.59 Å². The molecular weight excluding hydrogens is 348 g/mol. The molecule has 2 aliphatic rings. The predicted molar refractivity (Wildman–Crippen MR) is 106 cm³/mol. The topological polar surface area (TPSA) is 86.7 Å². The highest BCUT2D eigenvalue weighted by Gasteiger charge is 2.26. The number of benzene rings is 1. The number of allylic oxidation sites excluding steroid dienone is 3. The van der Waals surface area contributed by atoms with Gasteiger partial charge in [0.1, 0.15) is 11.8 Å². The van der Waals surface area contributed by atoms with Gasteiger partial charge in [0.05, 0.1) is 22.9 Å². The Bertz CT molecular complexity index is 1000. The van der Waals surface area contributed by atoms with Crippen LogP contribution >= 0.6 is 11.8 Å². The van der Waals surface area contributed by atoms with Gasteiger partial charge in [-0.1, -0.05) is 24.3 Å². The Hall–Kier alpha value is -2.93. The van der Waals surface area contributed by atoms with E-state index >= 15 is 0 Å². The molecular formula is C19H16N4O2S. The third kappa shape index (κ3) is 3.39. The molecule has 7 heteroatoms. The second-order valence-electron chi connectivity index (χ2n) is 5.91. The number of rotatable bonds is 5. The van der Waals surface area contributed by atoms with Crippen molar-refractivity contribution in [3.8, 4) is 0 Å². The number of H-pyrrole nitrogens is 1. The smallest absolute Gasteiger partial charge is 0.260 e. The molecule has 6 nitrogen and oxygen atoms in total. The molecule has 2 heterocycles. The number of nitrogens with one attached hydrogen (secondary N) is 2. The third-order valence-electron chi connectivity index (χ3n) is 4.10. The van der Waals surface area contributed by atoms with E-state index in [1.165, 1.54) is 11.8 Å². The number of carbonyl (C=O) groups is 2. The molecule has 1 aliphatic carbocycles. The second-order valence-corrected chi connectivity index (χ2v) is 6.90. The molecule has 0 saturated heterocycles. The lowest BCUT2D eigenvalue weighted by Gasteiger charge is -2.17. The van der Waals surface area contributed by atoms with Gasteiger partial charge in [-0.15, -0.1) is 11.8 Å². The van der Waals surface area contributed by atoms with Crippen LogP contribution in [0.2, 0.25) is 0 Å². The van der Waals surface area contributed by atoms with Crippen molar-refractivity contribution in [2.45, 2.75) is 0 Å². The fourth-order valence-electron chi connectivity index (χ4n) is 2.90. The van der Waals surface area contributed by atoms with Crippen molar-refractivity contribution in [2.75, 3.05) is 16.8 Å². The molecule has 0 saturated carbocycles. The number of fused-ring (bicyclic) bond motifs is 2. The number of aliphatic imine (C=N–C) groups is 2. The van der Waals surface area contributed by atoms with Crippen LogP contribution in [0.4, 0.5) is 5.69 Å². The first-order valence-electron chi connectivity index (χ1n) is 8.19. The van der Waals surface area contributed by atoms with Crippen LogP contribution in [0, 0.1) is 5.92 Å². The van der Waals surface area contributed by atoms with Gasteiger partial charge in [-0.2, -0.15) is 4.99 Å². The van der Waals surface area contributed by atoms with Gasteiger partial charge < -0.3 is 10.3 Å². The Morgan fingerprint density at radius 1 is 1.23 bits per heavy atom. The lowest BCUT2D eigenvalue weighted by molar-refractivity contribution is -0.118. The number of amidine groups is 1. The minimum absolute atomic E-state index is 0.0996. The van der Waals surface area contributed by atoms with Gasteiger partial charge in [0, 0.05) is 17.1 Å². The van der Waals surface area contributed by atoms with Crippen LogP contribution in [-0.2, 0) is 9.59 Å². The standard InChI is InChI=1S/C19H16N4O2S/c24-18(22-15-7-3-6-14-12(15)8-9-20-14)11-26-10-17-21-16-5-2-1-4-13(16)19(25)23-17/h1-9,13,20H,10-11H2,(H,22,24). The minimum Gasteiger partial charge on any atom is -0.361 e. The molecule has 0 spiro atoms. The molecule has 1 unspecified atom stereocenters. The molecule has 2 N–H and O–H groups in total. The third-order valence-corrected chi connectivity index (χ3v) is 5.03. The van der Waals surface area contributed by atoms with Gasteiger partial charge in [0.25, 0.3) is 5.91 Å². The Kier molecular flexibility index (Phi) is 4.53. The Labute approximate surface area is 154 Å². The molecule has 2 aromatic rings. The van der Waals surface area contributed by atoms with Gasteiger partial charge in [-0.05, 0) is 24.3 Å². The Balaban J connectivity index is 1.34. The van der Waals surface area contributed by atoms with Crippen molar-refractivity contribution in [3.05, 3.63) is 54.8 Å². The summed E-state index contributed by atoms with van der Waals surface area (Å²) in [6, 6.07) is 7.65. The summed E-state index contributed by atoms with van der Waals surface area (Å²) in [5.41, 5.74) is 2.47. The fourth-order valence-corrected chi connectivity index (χ4v) is 3.57. The number of nitrogens with zero attached hydrogens (tertiary/aromatic N) is 2. The van der Waals surface area contributed by atoms with Gasteiger partial charge in [0.15, 0.2) is 0 Å². The monoisotopic (exact) mass is 364 g/mol. The first kappa shape index (κ1) is 16.5. The van der Waals surface area contributed by atoms with Crippen LogP contribution < -0.4 is 5.32 Å². The number of aromatic nitrogens is 1. The molecule has 0 radical (unpaired) electrons. The van der Waals surface area contributed by atoms with E-state index in [1.807, 2.05) is 48.7 Å². The van der Waals surface area contributed by atoms with E-state index in [1.54, 1.807) is 6.08 Å². The zero-order valence-electron chi connectivity index (χ0n) is 13.8. The van der Waals surface area contributed by atoms with Crippen molar-refractivity contribution in [2.24, 2.45) is 15.9 Å². The number of aromatic amines is 1. The lowest BCUT2D eigenvalue weighted by atomic mass is 9.97. The molecule has 130 valence electrons. The summed E-state index contributed by atoms with van der Waals surface area (Å²) in [4.78, 5) is 35.8. The molecule has 2 amide bonds. The number of hydrogen-bond acceptors (Lipinski definition) is 4. The van der Waals surface area contributed by atoms with Crippen LogP contribution in [-0.4, -0.2) is 39.9 Å². The van der Waals surface area contributed by atoms with Crippen LogP contribution in [0.1, 0.15) is 0 Å². The highest BCUT2D eigenvalue weighted by atomic mass is 32.2. The molecule has 0 fully saturated rings. The van der Waals surface area contributed by atoms with Gasteiger partial charge >= 0.3 is 0 Å². The summed E-state index contributed by atoms with van der Waals surface area (Å²) >= 11 is 1.38. The summed E-state index contributed by atoms with van der Waals surface area (Å²) in [5, 5.41) is 3.89. The van der Waals surface area contributed by atoms with E-state index < -0.39 is 0 Å². The predicted octanol–water partition coefficient (Wildman–Crippen LogP) is 2.96. The zero-order chi connectivity index (χ0) is 17.9. The lowest BCUT2D eigenvalue weighted by Crippen LogP contribution is -2.27. The number of hydrogen-bond donors (Lipinski definition) is 2. The highest BCUT2D eigenvalue weighted by molar-refractivity contribution is 8.00. The molecule has 26 heavy (non-hydrogen) atoms. The molecule has 1 aliphatic heterocycles. The van der Waals surface area contributed by atoms with Gasteiger partial charge in [0.2, 0.25) is 5.91 Å². The summed E-state index contributed by atoms with van der Waals surface area (Å²) in [6.07, 6.45) is 9.14. The SMILES string of the molecule is O=C(CSCC1=NC(=O)C2C=CC=CC2=N1)Nc1cccc2[nH]ccc12. The first-order chi connectivity index (χ1) is 12.7. The summed E-state index contributed by atoms with van der Waals surface area (Å²) in [6.45, 7) is 0. The summed E-state index contributed by atoms with van der Waals surface area (Å²) in [7, 11) is 0. The number of carbonyl (C=O) groups excluding carboxylic acids is 2. The first-order valence-corrected chi connectivity index (χ1v) is 9.35. The maximum Gasteiger partial charge on any atom is 0.260 e. The summed E-state index contributed by atoms with van der Waals surface area (Å²) in [5.74, 6) is 0.483. The van der Waals surface area contributed by atoms with E-state index in [0.717, 1.165) is 16.6 Å². The highest BCUT2D eigenvalue weighted by Crippen LogP contribution is 2.22. The largest absolute Gasteiger partial charge is 0.361 e. The van der Waals surface area contributed by atoms with Crippen LogP contribution in [0.15, 0.2) is 64.8 Å². The molecule has 0 bridgehead atoms. The average Bonchev–Trinajstić information content (AvgIpc) is 3.12. The van der Waals surface area contributed by atoms with Crippen molar-refractivity contribution < 1.29 is 9.59 Å². The van der Waals surface area contributed by atoms with Crippen molar-refractivity contribution in [3.63, 3.8) is 0 Å². The van der Waals surface area contributed by atoms with E-state index in [4.69, 9.17) is 0 Å². The van der Waals surface area contributed by atoms with Crippen molar-refractivity contribution in [1.29, 1.82) is 0 Å². The van der Waals surface area contributed by atoms with E-state index in [-0.39, 0.29) is 23.5 Å². The average molecular weight is 364 g/mol. The second kappa shape index (κ2) is 7.13. The fraction of sp³-hybridized carbons (Fsp3) is 0.158. The van der Waals surface area contributed by atoms with Crippen LogP contribution in [0.25, 0.3) is 10.9 Å². The molecule has 1 aromatic heterocycles. The maximum atomic E-state index is 12.2. The van der Waals surface area contributed by atoms with Crippen LogP contribution in [0.3, 0.4) is 0 Å². The zero-order valence-corrected chi connectivity index (χ0v) is 14.6. The van der Waals surface area contributed by atoms with Gasteiger partial charge in [-0.3, -0.25) is 9.59 Å². The van der Waals surface area contributed by atoms with Crippen LogP contribution in [0.5, 0.6) is 0 Å². The minimum atomic E-state index is -0.362. The molecule has 4 rings (SSSR count). The molecule has 1 atom stereocenters. The molecule has 1 aromatic carbocycles. The number of thioether (sulfide) groups is 1. The van der Waals surface area contributed by atoms with Gasteiger partial charge in [-0.25, -0.2) is 4.99 Å². The normalized spacial score (nSPS) is 18.5. The van der Waals surface area contributed by atoms with E-state index in [0.29, 0.717) is 17.3 Å². The van der Waals surface area contributed by atoms with E-state index in [2.05, 4.69) is 20.3 Å².